The van der Waals surface area contributed by atoms with Gasteiger partial charge in [0, 0.05) is 0 Å². The first kappa shape index (κ1) is 15.7. The van der Waals surface area contributed by atoms with Gasteiger partial charge in [-0.05, 0) is 50.5 Å². The molecule has 0 aliphatic carbocycles. The van der Waals surface area contributed by atoms with E-state index in [1.165, 1.54) is 5.56 Å². The lowest BCUT2D eigenvalue weighted by Gasteiger charge is -2.33. The molecule has 128 valence electrons. The van der Waals surface area contributed by atoms with E-state index in [1.54, 1.807) is 6.33 Å². The van der Waals surface area contributed by atoms with Gasteiger partial charge in [0.05, 0.1) is 17.9 Å². The highest BCUT2D eigenvalue weighted by Crippen LogP contribution is 2.38. The van der Waals surface area contributed by atoms with E-state index in [0.29, 0.717) is 6.54 Å². The fraction of sp³-hybridized carbons (Fsp3) is 0.300. The number of fused-ring (bicyclic) bond motifs is 1. The minimum Gasteiger partial charge on any atom is -0.485 e. The van der Waals surface area contributed by atoms with Crippen molar-refractivity contribution in [3.8, 4) is 11.4 Å². The SMILES string of the molecule is CC1(C)CCc2cccc(NCc3ncnn3-c3ccccc3)c2O1. The predicted molar refractivity (Wildman–Crippen MR) is 98.2 cm³/mol. The van der Waals surface area contributed by atoms with Gasteiger partial charge in [-0.1, -0.05) is 30.3 Å². The third kappa shape index (κ3) is 3.22. The maximum Gasteiger partial charge on any atom is 0.151 e. The number of aryl methyl sites for hydroxylation is 1. The maximum absolute atomic E-state index is 6.23. The molecule has 0 unspecified atom stereocenters. The number of para-hydroxylation sites is 2. The molecule has 1 aliphatic heterocycles. The van der Waals surface area contributed by atoms with Gasteiger partial charge in [-0.15, -0.1) is 0 Å². The predicted octanol–water partition coefficient (Wildman–Crippen LogP) is 3.98. The monoisotopic (exact) mass is 334 g/mol. The molecule has 0 radical (unpaired) electrons. The minimum atomic E-state index is -0.130. The number of nitrogens with zero attached hydrogens (tertiary/aromatic N) is 3. The Morgan fingerprint density at radius 3 is 2.80 bits per heavy atom. The zero-order valence-corrected chi connectivity index (χ0v) is 14.6. The third-order valence-corrected chi connectivity index (χ3v) is 4.53. The highest BCUT2D eigenvalue weighted by molar-refractivity contribution is 5.61. The molecular formula is C20H22N4O. The van der Waals surface area contributed by atoms with Gasteiger partial charge in [0.2, 0.25) is 0 Å². The first-order chi connectivity index (χ1) is 12.1. The van der Waals surface area contributed by atoms with Crippen LogP contribution in [0.5, 0.6) is 5.75 Å². The van der Waals surface area contributed by atoms with Crippen molar-refractivity contribution in [3.63, 3.8) is 0 Å². The summed E-state index contributed by atoms with van der Waals surface area (Å²) < 4.78 is 8.08. The van der Waals surface area contributed by atoms with E-state index in [9.17, 15) is 0 Å². The zero-order chi connectivity index (χ0) is 17.3. The van der Waals surface area contributed by atoms with E-state index >= 15 is 0 Å². The smallest absolute Gasteiger partial charge is 0.151 e. The molecule has 25 heavy (non-hydrogen) atoms. The van der Waals surface area contributed by atoms with Crippen molar-refractivity contribution in [2.45, 2.75) is 38.8 Å². The van der Waals surface area contributed by atoms with Gasteiger partial charge >= 0.3 is 0 Å². The molecule has 2 heterocycles. The molecule has 1 N–H and O–H groups in total. The second-order valence-corrected chi connectivity index (χ2v) is 6.93. The molecular weight excluding hydrogens is 312 g/mol. The fourth-order valence-corrected chi connectivity index (χ4v) is 3.15. The van der Waals surface area contributed by atoms with Crippen LogP contribution in [0, 0.1) is 0 Å². The molecule has 5 heteroatoms. The van der Waals surface area contributed by atoms with Crippen LogP contribution in [0.1, 0.15) is 31.7 Å². The molecule has 3 aromatic rings. The van der Waals surface area contributed by atoms with E-state index in [2.05, 4.69) is 47.4 Å². The second kappa shape index (κ2) is 6.24. The Morgan fingerprint density at radius 1 is 1.12 bits per heavy atom. The largest absolute Gasteiger partial charge is 0.485 e. The normalized spacial score (nSPS) is 15.3. The van der Waals surface area contributed by atoms with Crippen molar-refractivity contribution in [2.75, 3.05) is 5.32 Å². The van der Waals surface area contributed by atoms with Crippen LogP contribution in [-0.2, 0) is 13.0 Å². The second-order valence-electron chi connectivity index (χ2n) is 6.93. The van der Waals surface area contributed by atoms with E-state index in [-0.39, 0.29) is 5.60 Å². The van der Waals surface area contributed by atoms with E-state index in [1.807, 2.05) is 35.0 Å². The van der Waals surface area contributed by atoms with Crippen LogP contribution < -0.4 is 10.1 Å². The standard InChI is InChI=1S/C20H22N4O/c1-20(2)12-11-15-7-6-10-17(19(15)25-20)21-13-18-22-14-23-24(18)16-8-4-3-5-9-16/h3-10,14,21H,11-13H2,1-2H3. The first-order valence-electron chi connectivity index (χ1n) is 8.61. The summed E-state index contributed by atoms with van der Waals surface area (Å²) in [6.07, 6.45) is 3.66. The quantitative estimate of drug-likeness (QED) is 0.784. The van der Waals surface area contributed by atoms with Gasteiger partial charge in [-0.25, -0.2) is 9.67 Å². The van der Waals surface area contributed by atoms with Crippen molar-refractivity contribution in [1.82, 2.24) is 14.8 Å². The minimum absolute atomic E-state index is 0.130. The Balaban J connectivity index is 1.57. The van der Waals surface area contributed by atoms with Crippen molar-refractivity contribution in [2.24, 2.45) is 0 Å². The topological polar surface area (TPSA) is 52.0 Å². The Morgan fingerprint density at radius 2 is 1.96 bits per heavy atom. The molecule has 0 bridgehead atoms. The number of anilines is 1. The summed E-state index contributed by atoms with van der Waals surface area (Å²) in [4.78, 5) is 4.40. The summed E-state index contributed by atoms with van der Waals surface area (Å²) in [5.41, 5.74) is 3.14. The molecule has 0 spiro atoms. The fourth-order valence-electron chi connectivity index (χ4n) is 3.15. The molecule has 5 nitrogen and oxygen atoms in total. The summed E-state index contributed by atoms with van der Waals surface area (Å²) in [6.45, 7) is 4.85. The summed E-state index contributed by atoms with van der Waals surface area (Å²) in [5, 5.41) is 7.82. The highest BCUT2D eigenvalue weighted by atomic mass is 16.5. The lowest BCUT2D eigenvalue weighted by Crippen LogP contribution is -2.33. The zero-order valence-electron chi connectivity index (χ0n) is 14.6. The van der Waals surface area contributed by atoms with Crippen molar-refractivity contribution in [3.05, 3.63) is 66.2 Å². The maximum atomic E-state index is 6.23. The lowest BCUT2D eigenvalue weighted by atomic mass is 9.94. The van der Waals surface area contributed by atoms with Gasteiger partial charge in [0.25, 0.3) is 0 Å². The van der Waals surface area contributed by atoms with Crippen LogP contribution in [0.2, 0.25) is 0 Å². The van der Waals surface area contributed by atoms with Crippen LogP contribution in [0.4, 0.5) is 5.69 Å². The Bertz CT molecular complexity index is 870. The van der Waals surface area contributed by atoms with Gasteiger partial charge in [-0.3, -0.25) is 0 Å². The Labute approximate surface area is 147 Å². The van der Waals surface area contributed by atoms with Crippen LogP contribution in [0.25, 0.3) is 5.69 Å². The first-order valence-corrected chi connectivity index (χ1v) is 8.61. The van der Waals surface area contributed by atoms with Gasteiger partial charge < -0.3 is 10.1 Å². The average Bonchev–Trinajstić information content (AvgIpc) is 3.08. The summed E-state index contributed by atoms with van der Waals surface area (Å²) in [6, 6.07) is 16.3. The molecule has 0 amide bonds. The highest BCUT2D eigenvalue weighted by Gasteiger charge is 2.28. The molecule has 2 aromatic carbocycles. The number of hydrogen-bond acceptors (Lipinski definition) is 4. The Hall–Kier alpha value is -2.82. The number of benzene rings is 2. The average molecular weight is 334 g/mol. The molecule has 0 atom stereocenters. The van der Waals surface area contributed by atoms with E-state index in [4.69, 9.17) is 4.74 Å². The van der Waals surface area contributed by atoms with Crippen molar-refractivity contribution in [1.29, 1.82) is 0 Å². The summed E-state index contributed by atoms with van der Waals surface area (Å²) in [7, 11) is 0. The molecule has 0 fully saturated rings. The summed E-state index contributed by atoms with van der Waals surface area (Å²) in [5.74, 6) is 1.82. The van der Waals surface area contributed by atoms with E-state index < -0.39 is 0 Å². The molecule has 1 aromatic heterocycles. The van der Waals surface area contributed by atoms with Crippen LogP contribution >= 0.6 is 0 Å². The van der Waals surface area contributed by atoms with Crippen molar-refractivity contribution >= 4 is 5.69 Å². The number of rotatable bonds is 4. The third-order valence-electron chi connectivity index (χ3n) is 4.53. The molecule has 4 rings (SSSR count). The molecule has 0 saturated carbocycles. The van der Waals surface area contributed by atoms with Crippen LogP contribution in [0.3, 0.4) is 0 Å². The van der Waals surface area contributed by atoms with Crippen LogP contribution in [-0.4, -0.2) is 20.4 Å². The number of ether oxygens (including phenoxy) is 1. The molecule has 1 aliphatic rings. The van der Waals surface area contributed by atoms with Gasteiger partial charge in [0.1, 0.15) is 17.7 Å². The number of aromatic nitrogens is 3. The molecule has 0 saturated heterocycles. The number of nitrogens with one attached hydrogen (secondary N) is 1. The van der Waals surface area contributed by atoms with Gasteiger partial charge in [-0.2, -0.15) is 5.10 Å². The summed E-state index contributed by atoms with van der Waals surface area (Å²) >= 11 is 0. The Kier molecular flexibility index (Phi) is 3.92. The lowest BCUT2D eigenvalue weighted by molar-refractivity contribution is 0.0856. The van der Waals surface area contributed by atoms with E-state index in [0.717, 1.165) is 35.8 Å². The van der Waals surface area contributed by atoms with Crippen molar-refractivity contribution < 1.29 is 4.74 Å². The van der Waals surface area contributed by atoms with Gasteiger partial charge in [0.15, 0.2) is 5.82 Å². The number of hydrogen-bond donors (Lipinski definition) is 1. The van der Waals surface area contributed by atoms with Crippen LogP contribution in [0.15, 0.2) is 54.9 Å².